The maximum absolute atomic E-state index is 12.5. The van der Waals surface area contributed by atoms with Crippen LogP contribution in [0.25, 0.3) is 0 Å². The number of amides is 1. The lowest BCUT2D eigenvalue weighted by Crippen LogP contribution is -2.46. The first-order valence-corrected chi connectivity index (χ1v) is 22.9. The molecule has 2 atom stereocenters. The monoisotopic (exact) mass is 736 g/mol. The Labute approximate surface area is 316 Å². The highest BCUT2D eigenvalue weighted by molar-refractivity contribution is 7.85. The van der Waals surface area contributed by atoms with Gasteiger partial charge < -0.3 is 10.4 Å². The van der Waals surface area contributed by atoms with Crippen molar-refractivity contribution in [2.45, 2.75) is 219 Å². The van der Waals surface area contributed by atoms with Crippen molar-refractivity contribution in [1.29, 1.82) is 0 Å². The summed E-state index contributed by atoms with van der Waals surface area (Å²) in [4.78, 5) is 12.5. The Kier molecular flexibility index (Phi) is 36.8. The largest absolute Gasteiger partial charge is 0.387 e. The molecule has 6 nitrogen and oxygen atoms in total. The summed E-state index contributed by atoms with van der Waals surface area (Å²) in [7, 11) is -4.35. The number of allylic oxidation sites excluding steroid dienone is 7. The Morgan fingerprint density at radius 1 is 0.549 bits per heavy atom. The summed E-state index contributed by atoms with van der Waals surface area (Å²) >= 11 is 0. The van der Waals surface area contributed by atoms with Gasteiger partial charge in [0.05, 0.1) is 17.9 Å². The average Bonchev–Trinajstić information content (AvgIpc) is 3.09. The van der Waals surface area contributed by atoms with Crippen LogP contribution in [0, 0.1) is 0 Å². The van der Waals surface area contributed by atoms with Crippen LogP contribution in [-0.4, -0.2) is 41.9 Å². The maximum Gasteiger partial charge on any atom is 0.267 e. The Balaban J connectivity index is 3.91. The van der Waals surface area contributed by atoms with Crippen LogP contribution in [0.3, 0.4) is 0 Å². The molecule has 51 heavy (non-hydrogen) atoms. The molecule has 7 heteroatoms. The molecule has 0 bridgehead atoms. The van der Waals surface area contributed by atoms with Crippen LogP contribution >= 0.6 is 0 Å². The smallest absolute Gasteiger partial charge is 0.267 e. The number of carbonyl (C=O) groups excluding carboxylic acids is 1. The van der Waals surface area contributed by atoms with E-state index < -0.39 is 28.0 Å². The minimum Gasteiger partial charge on any atom is -0.387 e. The molecule has 1 amide bonds. The van der Waals surface area contributed by atoms with Crippen LogP contribution in [0.1, 0.15) is 206 Å². The predicted molar refractivity (Wildman–Crippen MR) is 221 cm³/mol. The topological polar surface area (TPSA) is 104 Å². The number of hydrogen-bond acceptors (Lipinski definition) is 4. The highest BCUT2D eigenvalue weighted by atomic mass is 32.2. The first-order chi connectivity index (χ1) is 24.8. The highest BCUT2D eigenvalue weighted by Crippen LogP contribution is 2.15. The zero-order valence-electron chi connectivity index (χ0n) is 33.2. The number of hydrogen-bond donors (Lipinski definition) is 3. The van der Waals surface area contributed by atoms with Gasteiger partial charge in [0.25, 0.3) is 10.1 Å². The lowest BCUT2D eigenvalue weighted by Gasteiger charge is -2.21. The second kappa shape index (κ2) is 38.0. The Morgan fingerprint density at radius 3 is 1.39 bits per heavy atom. The van der Waals surface area contributed by atoms with Crippen LogP contribution in [0.2, 0.25) is 0 Å². The number of nitrogens with one attached hydrogen (secondary N) is 1. The first-order valence-electron chi connectivity index (χ1n) is 21.3. The zero-order chi connectivity index (χ0) is 37.5. The molecule has 0 aliphatic carbocycles. The van der Waals surface area contributed by atoms with Gasteiger partial charge in [-0.05, 0) is 51.4 Å². The molecule has 0 saturated carbocycles. The van der Waals surface area contributed by atoms with Crippen LogP contribution in [0.4, 0.5) is 0 Å². The van der Waals surface area contributed by atoms with Gasteiger partial charge >= 0.3 is 0 Å². The van der Waals surface area contributed by atoms with E-state index in [-0.39, 0.29) is 12.3 Å². The quantitative estimate of drug-likeness (QED) is 0.0333. The van der Waals surface area contributed by atoms with E-state index in [0.717, 1.165) is 70.6 Å². The number of rotatable bonds is 38. The predicted octanol–water partition coefficient (Wildman–Crippen LogP) is 12.7. The van der Waals surface area contributed by atoms with Crippen LogP contribution < -0.4 is 5.32 Å². The standard InChI is InChI=1S/C44H81NO5S/c1-3-5-7-9-11-13-15-17-19-21-22-24-25-27-29-31-33-35-37-39-43(46)42(41-51(48,49)50)45-44(47)40-38-36-34-32-30-28-26-23-20-18-16-14-12-10-8-6-4-2/h6,8,12,14,18,20,37,39,42-43,46H,3-5,7,9-11,13,15-17,19,21-36,38,40-41H2,1-2H3,(H,45,47)(H,48,49,50)/b8-6-,14-12-,20-18-,39-37+. The maximum atomic E-state index is 12.5. The fourth-order valence-corrected chi connectivity index (χ4v) is 7.08. The van der Waals surface area contributed by atoms with E-state index in [1.165, 1.54) is 116 Å². The summed E-state index contributed by atoms with van der Waals surface area (Å²) in [6.45, 7) is 4.42. The van der Waals surface area contributed by atoms with Gasteiger partial charge in [0.15, 0.2) is 0 Å². The molecule has 0 aliphatic heterocycles. The minimum atomic E-state index is -4.35. The van der Waals surface area contributed by atoms with Crippen LogP contribution in [-0.2, 0) is 14.9 Å². The van der Waals surface area contributed by atoms with E-state index in [9.17, 15) is 22.9 Å². The summed E-state index contributed by atoms with van der Waals surface area (Å²) in [5, 5.41) is 13.2. The molecule has 2 unspecified atom stereocenters. The molecule has 298 valence electrons. The van der Waals surface area contributed by atoms with Gasteiger partial charge in [-0.15, -0.1) is 0 Å². The van der Waals surface area contributed by atoms with Gasteiger partial charge in [0.2, 0.25) is 5.91 Å². The first kappa shape index (κ1) is 49.3. The molecule has 0 spiro atoms. The lowest BCUT2D eigenvalue weighted by molar-refractivity contribution is -0.122. The number of carbonyl (C=O) groups is 1. The van der Waals surface area contributed by atoms with E-state index >= 15 is 0 Å². The van der Waals surface area contributed by atoms with Crippen molar-refractivity contribution in [2.75, 3.05) is 5.75 Å². The molecule has 0 aromatic rings. The summed E-state index contributed by atoms with van der Waals surface area (Å²) in [5.41, 5.74) is 0. The Bertz CT molecular complexity index is 987. The number of aliphatic hydroxyl groups is 1. The molecule has 0 aliphatic rings. The third-order valence-corrected chi connectivity index (χ3v) is 10.3. The third kappa shape index (κ3) is 39.3. The molecule has 3 N–H and O–H groups in total. The van der Waals surface area contributed by atoms with Crippen molar-refractivity contribution in [3.05, 3.63) is 48.6 Å². The average molecular weight is 736 g/mol. The number of unbranched alkanes of at least 4 members (excludes halogenated alkanes) is 24. The molecule has 0 fully saturated rings. The van der Waals surface area contributed by atoms with Crippen molar-refractivity contribution in [3.8, 4) is 0 Å². The fraction of sp³-hybridized carbons (Fsp3) is 0.795. The number of aliphatic hydroxyl groups excluding tert-OH is 1. The summed E-state index contributed by atoms with van der Waals surface area (Å²) in [6, 6.07) is -1.06. The highest BCUT2D eigenvalue weighted by Gasteiger charge is 2.24. The molecular weight excluding hydrogens is 655 g/mol. The molecule has 0 aromatic heterocycles. The van der Waals surface area contributed by atoms with Gasteiger partial charge in [-0.1, -0.05) is 197 Å². The summed E-state index contributed by atoms with van der Waals surface area (Å²) < 4.78 is 32.5. The van der Waals surface area contributed by atoms with Crippen LogP contribution in [0.15, 0.2) is 48.6 Å². The molecule has 0 saturated heterocycles. The molecule has 0 heterocycles. The fourth-order valence-electron chi connectivity index (χ4n) is 6.35. The normalized spacial score (nSPS) is 13.7. The van der Waals surface area contributed by atoms with Gasteiger partial charge in [-0.2, -0.15) is 8.42 Å². The van der Waals surface area contributed by atoms with E-state index in [1.54, 1.807) is 6.08 Å². The molecule has 0 rings (SSSR count). The second-order valence-electron chi connectivity index (χ2n) is 14.6. The zero-order valence-corrected chi connectivity index (χ0v) is 34.0. The summed E-state index contributed by atoms with van der Waals surface area (Å²) in [6.07, 6.45) is 50.9. The van der Waals surface area contributed by atoms with Crippen molar-refractivity contribution < 1.29 is 22.9 Å². The van der Waals surface area contributed by atoms with Crippen LogP contribution in [0.5, 0.6) is 0 Å². The molecule has 0 radical (unpaired) electrons. The second-order valence-corrected chi connectivity index (χ2v) is 16.1. The van der Waals surface area contributed by atoms with E-state index in [0.29, 0.717) is 0 Å². The van der Waals surface area contributed by atoms with E-state index in [4.69, 9.17) is 0 Å². The van der Waals surface area contributed by atoms with E-state index in [2.05, 4.69) is 55.6 Å². The molecular formula is C44H81NO5S. The van der Waals surface area contributed by atoms with Gasteiger partial charge in [-0.3, -0.25) is 9.35 Å². The SMILES string of the molecule is CC/C=C\C/C=C\C/C=C\CCCCCCCCCC(=O)NC(CS(=O)(=O)O)C(O)/C=C/CCCCCCCCCCCCCCCCCCC. The lowest BCUT2D eigenvalue weighted by atomic mass is 10.0. The van der Waals surface area contributed by atoms with Gasteiger partial charge in [-0.25, -0.2) is 0 Å². The van der Waals surface area contributed by atoms with Crippen molar-refractivity contribution in [3.63, 3.8) is 0 Å². The minimum absolute atomic E-state index is 0.284. The Morgan fingerprint density at radius 2 is 0.941 bits per heavy atom. The molecule has 0 aromatic carbocycles. The Hall–Kier alpha value is -1.70. The van der Waals surface area contributed by atoms with Crippen molar-refractivity contribution in [1.82, 2.24) is 5.32 Å². The van der Waals surface area contributed by atoms with Crippen molar-refractivity contribution >= 4 is 16.0 Å². The third-order valence-electron chi connectivity index (χ3n) is 9.51. The van der Waals surface area contributed by atoms with Gasteiger partial charge in [0.1, 0.15) is 0 Å². The van der Waals surface area contributed by atoms with Gasteiger partial charge in [0, 0.05) is 6.42 Å². The van der Waals surface area contributed by atoms with Crippen molar-refractivity contribution in [2.24, 2.45) is 0 Å². The van der Waals surface area contributed by atoms with E-state index in [1.807, 2.05) is 6.08 Å². The summed E-state index contributed by atoms with van der Waals surface area (Å²) in [5.74, 6) is -0.991.